The number of carbonyl (C=O) groups is 4. The lowest BCUT2D eigenvalue weighted by Gasteiger charge is -2.34. The van der Waals surface area contributed by atoms with Crippen LogP contribution in [-0.4, -0.2) is 81.1 Å². The third-order valence-electron chi connectivity index (χ3n) is 4.64. The largest absolute Gasteiger partial charge is 0.466 e. The van der Waals surface area contributed by atoms with Gasteiger partial charge in [-0.05, 0) is 24.6 Å². The Morgan fingerprint density at radius 3 is 2.81 bits per heavy atom. The summed E-state index contributed by atoms with van der Waals surface area (Å²) in [4.78, 5) is 50.5. The Hall–Kier alpha value is -3.14. The van der Waals surface area contributed by atoms with E-state index in [2.05, 4.69) is 16.0 Å². The number of nitrogens with zero attached hydrogens (tertiary/aromatic N) is 1. The van der Waals surface area contributed by atoms with Crippen molar-refractivity contribution in [1.29, 1.82) is 0 Å². The number of hydrogen-bond acceptors (Lipinski definition) is 7. The molecule has 10 nitrogen and oxygen atoms in total. The minimum Gasteiger partial charge on any atom is -0.466 e. The lowest BCUT2D eigenvalue weighted by Crippen LogP contribution is -2.58. The van der Waals surface area contributed by atoms with Crippen LogP contribution < -0.4 is 16.0 Å². The van der Waals surface area contributed by atoms with Crippen molar-refractivity contribution < 1.29 is 28.7 Å². The van der Waals surface area contributed by atoms with Crippen molar-refractivity contribution in [3.8, 4) is 0 Å². The normalized spacial score (nSPS) is 15.7. The third-order valence-corrected chi connectivity index (χ3v) is 4.64. The highest BCUT2D eigenvalue weighted by atomic mass is 16.5. The summed E-state index contributed by atoms with van der Waals surface area (Å²) < 4.78 is 9.96. The minimum absolute atomic E-state index is 0.0808. The Balaban J connectivity index is 1.95. The molecule has 170 valence electrons. The van der Waals surface area contributed by atoms with Crippen LogP contribution in [0.1, 0.15) is 30.1 Å². The maximum Gasteiger partial charge on any atom is 0.308 e. The monoisotopic (exact) mass is 434 g/mol. The molecular weight excluding hydrogens is 404 g/mol. The third kappa shape index (κ3) is 7.56. The SMILES string of the molecule is CCCOC(=O)CC1C(=O)NCCN1C(=O)CNc1cccc(C(=O)NCCOC)c1. The fourth-order valence-electron chi connectivity index (χ4n) is 3.07. The molecule has 3 amide bonds. The number of anilines is 1. The highest BCUT2D eigenvalue weighted by molar-refractivity contribution is 5.95. The number of hydrogen-bond donors (Lipinski definition) is 3. The van der Waals surface area contributed by atoms with Crippen molar-refractivity contribution in [3.05, 3.63) is 29.8 Å². The molecule has 1 heterocycles. The van der Waals surface area contributed by atoms with Crippen LogP contribution in [0.25, 0.3) is 0 Å². The Morgan fingerprint density at radius 2 is 2.06 bits per heavy atom. The molecule has 0 aliphatic carbocycles. The van der Waals surface area contributed by atoms with Gasteiger partial charge in [0.2, 0.25) is 11.8 Å². The van der Waals surface area contributed by atoms with Crippen LogP contribution in [0.15, 0.2) is 24.3 Å². The van der Waals surface area contributed by atoms with E-state index in [4.69, 9.17) is 9.47 Å². The maximum atomic E-state index is 12.8. The molecule has 0 radical (unpaired) electrons. The van der Waals surface area contributed by atoms with E-state index in [0.29, 0.717) is 43.9 Å². The molecule has 1 saturated heterocycles. The molecular formula is C21H30N4O6. The Labute approximate surface area is 181 Å². The van der Waals surface area contributed by atoms with E-state index in [1.807, 2.05) is 6.92 Å². The standard InChI is InChI=1S/C21H30N4O6/c1-3-10-31-19(27)13-17-21(29)22-7-9-25(17)18(26)14-24-16-6-4-5-15(12-16)20(28)23-8-11-30-2/h4-6,12,17,24H,3,7-11,13-14H2,1-2H3,(H,22,29)(H,23,28). The fraction of sp³-hybridized carbons (Fsp3) is 0.524. The number of nitrogens with one attached hydrogen (secondary N) is 3. The van der Waals surface area contributed by atoms with Gasteiger partial charge in [0.05, 0.1) is 26.2 Å². The number of benzene rings is 1. The first-order valence-corrected chi connectivity index (χ1v) is 10.3. The van der Waals surface area contributed by atoms with Crippen molar-refractivity contribution in [2.45, 2.75) is 25.8 Å². The Kier molecular flexibility index (Phi) is 9.76. The predicted molar refractivity (Wildman–Crippen MR) is 114 cm³/mol. The summed E-state index contributed by atoms with van der Waals surface area (Å²) in [7, 11) is 1.55. The zero-order chi connectivity index (χ0) is 22.6. The highest BCUT2D eigenvalue weighted by Gasteiger charge is 2.34. The molecule has 1 aromatic rings. The molecule has 0 bridgehead atoms. The van der Waals surface area contributed by atoms with Crippen LogP contribution in [0, 0.1) is 0 Å². The summed E-state index contributed by atoms with van der Waals surface area (Å²) in [5, 5.41) is 8.39. The van der Waals surface area contributed by atoms with Gasteiger partial charge in [0.15, 0.2) is 0 Å². The fourth-order valence-corrected chi connectivity index (χ4v) is 3.07. The van der Waals surface area contributed by atoms with E-state index in [1.165, 1.54) is 4.90 Å². The molecule has 1 atom stereocenters. The van der Waals surface area contributed by atoms with Gasteiger partial charge in [-0.2, -0.15) is 0 Å². The van der Waals surface area contributed by atoms with Crippen molar-refractivity contribution >= 4 is 29.4 Å². The van der Waals surface area contributed by atoms with Crippen LogP contribution in [0.4, 0.5) is 5.69 Å². The van der Waals surface area contributed by atoms with Crippen molar-refractivity contribution in [2.75, 3.05) is 51.8 Å². The van der Waals surface area contributed by atoms with E-state index in [9.17, 15) is 19.2 Å². The predicted octanol–water partition coefficient (Wildman–Crippen LogP) is 0.145. The average Bonchev–Trinajstić information content (AvgIpc) is 2.77. The maximum absolute atomic E-state index is 12.8. The highest BCUT2D eigenvalue weighted by Crippen LogP contribution is 2.13. The molecule has 1 unspecified atom stereocenters. The second-order valence-corrected chi connectivity index (χ2v) is 7.00. The summed E-state index contributed by atoms with van der Waals surface area (Å²) in [5.74, 6) is -1.45. The first-order chi connectivity index (χ1) is 15.0. The summed E-state index contributed by atoms with van der Waals surface area (Å²) >= 11 is 0. The van der Waals surface area contributed by atoms with Gasteiger partial charge >= 0.3 is 5.97 Å². The number of methoxy groups -OCH3 is 1. The molecule has 2 rings (SSSR count). The van der Waals surface area contributed by atoms with E-state index >= 15 is 0 Å². The van der Waals surface area contributed by atoms with Gasteiger partial charge in [-0.25, -0.2) is 0 Å². The topological polar surface area (TPSA) is 126 Å². The van der Waals surface area contributed by atoms with E-state index in [0.717, 1.165) is 0 Å². The summed E-state index contributed by atoms with van der Waals surface area (Å²) in [6.07, 6.45) is 0.493. The second-order valence-electron chi connectivity index (χ2n) is 7.00. The van der Waals surface area contributed by atoms with E-state index in [1.54, 1.807) is 31.4 Å². The van der Waals surface area contributed by atoms with Gasteiger partial charge in [-0.3, -0.25) is 19.2 Å². The molecule has 0 aromatic heterocycles. The van der Waals surface area contributed by atoms with Gasteiger partial charge in [0.1, 0.15) is 6.04 Å². The molecule has 0 saturated carbocycles. The number of esters is 1. The molecule has 31 heavy (non-hydrogen) atoms. The zero-order valence-corrected chi connectivity index (χ0v) is 17.9. The summed E-state index contributed by atoms with van der Waals surface area (Å²) in [5.41, 5.74) is 1.04. The minimum atomic E-state index is -0.898. The number of amides is 3. The van der Waals surface area contributed by atoms with Gasteiger partial charge in [0, 0.05) is 38.0 Å². The molecule has 1 aromatic carbocycles. The Bertz CT molecular complexity index is 785. The lowest BCUT2D eigenvalue weighted by molar-refractivity contribution is -0.151. The van der Waals surface area contributed by atoms with E-state index < -0.39 is 12.0 Å². The second kappa shape index (κ2) is 12.5. The summed E-state index contributed by atoms with van der Waals surface area (Å²) in [6, 6.07) is 5.85. The molecule has 1 aliphatic rings. The van der Waals surface area contributed by atoms with Crippen LogP contribution in [0.3, 0.4) is 0 Å². The number of ether oxygens (including phenoxy) is 2. The number of rotatable bonds is 11. The van der Waals surface area contributed by atoms with Crippen LogP contribution >= 0.6 is 0 Å². The molecule has 10 heteroatoms. The Morgan fingerprint density at radius 1 is 1.26 bits per heavy atom. The first kappa shape index (κ1) is 24.1. The molecule has 0 spiro atoms. The quantitative estimate of drug-likeness (QED) is 0.334. The number of carbonyl (C=O) groups excluding carboxylic acids is 4. The lowest BCUT2D eigenvalue weighted by atomic mass is 10.1. The smallest absolute Gasteiger partial charge is 0.308 e. The van der Waals surface area contributed by atoms with Gasteiger partial charge in [-0.1, -0.05) is 13.0 Å². The van der Waals surface area contributed by atoms with Gasteiger partial charge in [0.25, 0.3) is 5.91 Å². The molecule has 1 fully saturated rings. The van der Waals surface area contributed by atoms with E-state index in [-0.39, 0.29) is 37.3 Å². The van der Waals surface area contributed by atoms with Crippen molar-refractivity contribution in [3.63, 3.8) is 0 Å². The van der Waals surface area contributed by atoms with Crippen LogP contribution in [0.5, 0.6) is 0 Å². The molecule has 1 aliphatic heterocycles. The zero-order valence-electron chi connectivity index (χ0n) is 17.9. The first-order valence-electron chi connectivity index (χ1n) is 10.3. The van der Waals surface area contributed by atoms with Gasteiger partial charge < -0.3 is 30.3 Å². The molecule has 3 N–H and O–H groups in total. The van der Waals surface area contributed by atoms with Crippen molar-refractivity contribution in [2.24, 2.45) is 0 Å². The average molecular weight is 434 g/mol. The van der Waals surface area contributed by atoms with Gasteiger partial charge in [-0.15, -0.1) is 0 Å². The van der Waals surface area contributed by atoms with Crippen LogP contribution in [0.2, 0.25) is 0 Å². The summed E-state index contributed by atoms with van der Waals surface area (Å²) in [6.45, 7) is 3.50. The van der Waals surface area contributed by atoms with Crippen LogP contribution in [-0.2, 0) is 23.9 Å². The number of piperazine rings is 1. The van der Waals surface area contributed by atoms with Crippen molar-refractivity contribution in [1.82, 2.24) is 15.5 Å².